The number of nitrogen functional groups attached to an aromatic ring is 1. The average molecular weight is 469 g/mol. The molecule has 3 rings (SSSR count). The van der Waals surface area contributed by atoms with Crippen LogP contribution in [0, 0.1) is 0 Å². The lowest BCUT2D eigenvalue weighted by Crippen LogP contribution is -2.58. The minimum Gasteiger partial charge on any atom is -0.461 e. The Morgan fingerprint density at radius 1 is 1.44 bits per heavy atom. The number of oxime groups is 1. The average Bonchev–Trinajstić information content (AvgIpc) is 3.02. The fraction of sp³-hybridized carbons (Fsp3) is 0.438. The van der Waals surface area contributed by atoms with Crippen LogP contribution in [0.5, 0.6) is 0 Å². The highest BCUT2D eigenvalue weighted by Gasteiger charge is 2.51. The Hall–Kier alpha value is -3.82. The van der Waals surface area contributed by atoms with Gasteiger partial charge >= 0.3 is 12.1 Å². The highest BCUT2D eigenvalue weighted by atomic mass is 32.2. The van der Waals surface area contributed by atoms with Gasteiger partial charge < -0.3 is 25.2 Å². The zero-order valence-corrected chi connectivity index (χ0v) is 17.9. The summed E-state index contributed by atoms with van der Waals surface area (Å²) >= 11 is 1.11. The number of hydrogen-bond acceptors (Lipinski definition) is 12. The number of hydrogen-bond donors (Lipinski definition) is 2. The van der Waals surface area contributed by atoms with Gasteiger partial charge in [-0.05, 0) is 0 Å². The number of nitrogens with two attached hydrogens (primary N) is 1. The Labute approximate surface area is 184 Å². The number of nitrogens with zero attached hydrogens (tertiary/aromatic N) is 6. The predicted octanol–water partition coefficient (Wildman–Crippen LogP) is -0.537. The first kappa shape index (κ1) is 22.9. The van der Waals surface area contributed by atoms with E-state index in [4.69, 9.17) is 15.2 Å². The Kier molecular flexibility index (Phi) is 6.52. The van der Waals surface area contributed by atoms with Crippen molar-refractivity contribution < 1.29 is 38.6 Å². The van der Waals surface area contributed by atoms with Crippen LogP contribution < -0.4 is 10.6 Å². The Balaban J connectivity index is 2.15. The van der Waals surface area contributed by atoms with Crippen LogP contribution >= 0.6 is 11.8 Å². The number of carbonyl (C=O) groups is 4. The molecule has 172 valence electrons. The minimum absolute atomic E-state index is 0.00439. The van der Waals surface area contributed by atoms with Crippen molar-refractivity contribution in [3.8, 4) is 0 Å². The molecule has 32 heavy (non-hydrogen) atoms. The third-order valence-corrected chi connectivity index (χ3v) is 5.78. The van der Waals surface area contributed by atoms with Crippen LogP contribution in [0.15, 0.2) is 16.6 Å². The Morgan fingerprint density at radius 2 is 2.16 bits per heavy atom. The summed E-state index contributed by atoms with van der Waals surface area (Å²) in [6, 6.07) is 0. The molecule has 1 fully saturated rings. The summed E-state index contributed by atoms with van der Waals surface area (Å²) in [4.78, 5) is 58.7. The van der Waals surface area contributed by atoms with Crippen LogP contribution in [0.25, 0.3) is 0 Å². The molecule has 1 aromatic heterocycles. The van der Waals surface area contributed by atoms with Gasteiger partial charge in [0, 0.05) is 14.0 Å². The number of rotatable bonds is 7. The quantitative estimate of drug-likeness (QED) is 0.225. The van der Waals surface area contributed by atoms with E-state index < -0.39 is 41.3 Å². The van der Waals surface area contributed by atoms with Gasteiger partial charge in [0.2, 0.25) is 17.7 Å². The van der Waals surface area contributed by atoms with E-state index in [2.05, 4.69) is 20.1 Å². The molecule has 3 N–H and O–H groups in total. The van der Waals surface area contributed by atoms with E-state index >= 15 is 0 Å². The van der Waals surface area contributed by atoms with Crippen LogP contribution in [-0.2, 0) is 35.7 Å². The summed E-state index contributed by atoms with van der Waals surface area (Å²) in [6.07, 6.45) is -0.768. The molecular formula is C16H19N7O8S. The van der Waals surface area contributed by atoms with Crippen LogP contribution in [0.3, 0.4) is 0 Å². The topological polar surface area (TPSA) is 192 Å². The smallest absolute Gasteiger partial charge is 0.461 e. The lowest BCUT2D eigenvalue weighted by atomic mass is 10.1. The zero-order valence-electron chi connectivity index (χ0n) is 17.1. The number of amides is 2. The van der Waals surface area contributed by atoms with E-state index in [1.807, 2.05) is 0 Å². The van der Waals surface area contributed by atoms with Crippen molar-refractivity contribution >= 4 is 53.8 Å². The molecule has 2 atom stereocenters. The molecule has 0 radical (unpaired) electrons. The Morgan fingerprint density at radius 3 is 2.69 bits per heavy atom. The number of aromatic nitrogens is 3. The summed E-state index contributed by atoms with van der Waals surface area (Å²) in [5, 5.41) is 15.2. The highest BCUT2D eigenvalue weighted by molar-refractivity contribution is 8.01. The third kappa shape index (κ3) is 4.43. The molecule has 0 spiro atoms. The van der Waals surface area contributed by atoms with Crippen LogP contribution in [0.2, 0.25) is 0 Å². The van der Waals surface area contributed by atoms with E-state index in [1.165, 1.54) is 18.8 Å². The molecule has 0 saturated carbocycles. The van der Waals surface area contributed by atoms with Gasteiger partial charge in [-0.15, -0.1) is 16.9 Å². The van der Waals surface area contributed by atoms with Crippen molar-refractivity contribution in [2.45, 2.75) is 24.1 Å². The van der Waals surface area contributed by atoms with E-state index in [-0.39, 0.29) is 29.8 Å². The van der Waals surface area contributed by atoms with Gasteiger partial charge in [0.05, 0.1) is 17.4 Å². The van der Waals surface area contributed by atoms with E-state index in [0.717, 1.165) is 34.7 Å². The summed E-state index contributed by atoms with van der Waals surface area (Å²) in [5.74, 6) is -2.30. The van der Waals surface area contributed by atoms with Gasteiger partial charge in [0.15, 0.2) is 0 Å². The predicted molar refractivity (Wildman–Crippen MR) is 108 cm³/mol. The minimum atomic E-state index is -1.69. The standard InChI is InChI=1S/C16H19N7O8S/c1-7(24)30-6-8-12(31-16(27)28)22-9(25)4-11(22)32-13(8)23(10(26)5-18-29-3)15-19-14(17)21(2)20-15/h5,11,13H,4,6H2,1-3H3,(H,27,28)(H2,17,19,20)/t11-,13?/m0/s1. The maximum Gasteiger partial charge on any atom is 0.512 e. The number of esters is 1. The van der Waals surface area contributed by atoms with Crippen molar-refractivity contribution in [3.05, 3.63) is 11.5 Å². The van der Waals surface area contributed by atoms with Crippen LogP contribution in [-0.4, -0.2) is 79.4 Å². The summed E-state index contributed by atoms with van der Waals surface area (Å²) in [6.45, 7) is 0.676. The molecule has 15 nitrogen and oxygen atoms in total. The number of aryl methyl sites for hydroxylation is 1. The Bertz CT molecular complexity index is 1000. The number of carboxylic acid groups (broad SMARTS) is 1. The molecule has 2 aliphatic rings. The van der Waals surface area contributed by atoms with Gasteiger partial charge in [-0.1, -0.05) is 5.16 Å². The molecule has 1 unspecified atom stereocenters. The number of β-lactam (4-membered cyclic amide) rings is 1. The fourth-order valence-electron chi connectivity index (χ4n) is 2.92. The lowest BCUT2D eigenvalue weighted by Gasteiger charge is -2.47. The van der Waals surface area contributed by atoms with Crippen molar-refractivity contribution in [3.63, 3.8) is 0 Å². The molecule has 2 amide bonds. The molecule has 1 saturated heterocycles. The molecule has 1 aromatic rings. The SMILES string of the molecule is CON=CC(=O)N(c1nc(N)n(C)n1)C1S[C@H]2CC(=O)N2C(OC(=O)O)=C1COC(C)=O. The van der Waals surface area contributed by atoms with E-state index in [1.54, 1.807) is 0 Å². The second-order valence-electron chi connectivity index (χ2n) is 6.41. The number of anilines is 2. The molecule has 0 aromatic carbocycles. The zero-order chi connectivity index (χ0) is 23.6. The van der Waals surface area contributed by atoms with Gasteiger partial charge in [-0.25, -0.2) is 9.48 Å². The van der Waals surface area contributed by atoms with Gasteiger partial charge in [0.25, 0.3) is 11.9 Å². The largest absolute Gasteiger partial charge is 0.512 e. The number of ether oxygens (including phenoxy) is 2. The lowest BCUT2D eigenvalue weighted by molar-refractivity contribution is -0.142. The first-order chi connectivity index (χ1) is 15.1. The molecule has 16 heteroatoms. The fourth-order valence-corrected chi connectivity index (χ4v) is 4.45. The van der Waals surface area contributed by atoms with Gasteiger partial charge in [0.1, 0.15) is 25.3 Å². The third-order valence-electron chi connectivity index (χ3n) is 4.34. The second-order valence-corrected chi connectivity index (χ2v) is 7.67. The van der Waals surface area contributed by atoms with Crippen molar-refractivity contribution in [2.24, 2.45) is 12.2 Å². The van der Waals surface area contributed by atoms with Gasteiger partial charge in [-0.2, -0.15) is 4.98 Å². The van der Waals surface area contributed by atoms with Crippen molar-refractivity contribution in [2.75, 3.05) is 24.4 Å². The van der Waals surface area contributed by atoms with E-state index in [9.17, 15) is 24.3 Å². The second kappa shape index (κ2) is 9.13. The monoisotopic (exact) mass is 469 g/mol. The number of fused-ring (bicyclic) bond motifs is 1. The van der Waals surface area contributed by atoms with Crippen LogP contribution in [0.4, 0.5) is 16.7 Å². The summed E-state index contributed by atoms with van der Waals surface area (Å²) < 4.78 is 11.2. The number of carbonyl (C=O) groups excluding carboxylic acids is 3. The normalized spacial score (nSPS) is 20.0. The molecule has 0 aliphatic carbocycles. The van der Waals surface area contributed by atoms with Crippen LogP contribution in [0.1, 0.15) is 13.3 Å². The maximum absolute atomic E-state index is 13.0. The van der Waals surface area contributed by atoms with E-state index in [0.29, 0.717) is 0 Å². The summed E-state index contributed by atoms with van der Waals surface area (Å²) in [7, 11) is 2.75. The molecular weight excluding hydrogens is 450 g/mol. The molecule has 3 heterocycles. The molecule has 0 bridgehead atoms. The van der Waals surface area contributed by atoms with Gasteiger partial charge in [-0.3, -0.25) is 24.2 Å². The first-order valence-corrected chi connectivity index (χ1v) is 9.89. The number of thioether (sulfide) groups is 1. The summed E-state index contributed by atoms with van der Waals surface area (Å²) in [5.41, 5.74) is 5.78. The first-order valence-electron chi connectivity index (χ1n) is 8.95. The van der Waals surface area contributed by atoms with Crippen molar-refractivity contribution in [1.29, 1.82) is 0 Å². The van der Waals surface area contributed by atoms with Crippen molar-refractivity contribution in [1.82, 2.24) is 19.7 Å². The molecule has 2 aliphatic heterocycles. The highest BCUT2D eigenvalue weighted by Crippen LogP contribution is 2.46. The maximum atomic E-state index is 13.0.